The molecule has 0 saturated heterocycles. The summed E-state index contributed by atoms with van der Waals surface area (Å²) in [5.74, 6) is -0.441. The summed E-state index contributed by atoms with van der Waals surface area (Å²) in [5.41, 5.74) is 5.75. The third-order valence-electron chi connectivity index (χ3n) is 1.58. The molecule has 1 aromatic rings. The fourth-order valence-corrected chi connectivity index (χ4v) is 1.88. The van der Waals surface area contributed by atoms with Gasteiger partial charge in [0.1, 0.15) is 5.82 Å². The van der Waals surface area contributed by atoms with Gasteiger partial charge >= 0.3 is 0 Å². The zero-order valence-electron chi connectivity index (χ0n) is 7.47. The first-order valence-corrected chi connectivity index (χ1v) is 5.06. The molecule has 0 atom stereocenters. The van der Waals surface area contributed by atoms with E-state index in [-0.39, 0.29) is 17.4 Å². The van der Waals surface area contributed by atoms with E-state index in [1.54, 1.807) is 0 Å². The Balaban J connectivity index is 2.86. The Morgan fingerprint density at radius 3 is 2.87 bits per heavy atom. The van der Waals surface area contributed by atoms with Crippen LogP contribution in [0.5, 0.6) is 0 Å². The van der Waals surface area contributed by atoms with Crippen LogP contribution < -0.4 is 11.1 Å². The monoisotopic (exact) mass is 295 g/mol. The normalized spacial score (nSPS) is 11.5. The van der Waals surface area contributed by atoms with Crippen LogP contribution in [-0.4, -0.2) is 17.6 Å². The fourth-order valence-electron chi connectivity index (χ4n) is 0.925. The van der Waals surface area contributed by atoms with Crippen LogP contribution in [0.15, 0.2) is 21.8 Å². The summed E-state index contributed by atoms with van der Waals surface area (Å²) in [6.07, 6.45) is 0. The van der Waals surface area contributed by atoms with Crippen LogP contribution in [0.3, 0.4) is 0 Å². The maximum absolute atomic E-state index is 12.8. The lowest BCUT2D eigenvalue weighted by atomic mass is 10.3. The van der Waals surface area contributed by atoms with Crippen LogP contribution in [-0.2, 0) is 0 Å². The Hall–Kier alpha value is -1.01. The number of hydrogen-bond donors (Lipinski definition) is 3. The van der Waals surface area contributed by atoms with Crippen LogP contribution >= 0.6 is 27.5 Å². The van der Waals surface area contributed by atoms with Crippen molar-refractivity contribution in [3.8, 4) is 0 Å². The Labute approximate surface area is 99.0 Å². The lowest BCUT2D eigenvalue weighted by molar-refractivity contribution is 0.317. The lowest BCUT2D eigenvalue weighted by Gasteiger charge is -2.09. The molecular weight excluding hydrogens is 288 g/mol. The standard InChI is InChI=1S/C8H8BrClFN3O/c9-5-1-4(11)2-6(10)8(5)13-3-7(12)14-15/h1-2,13,15H,3H2,(H2,12,14). The molecule has 0 bridgehead atoms. The van der Waals surface area contributed by atoms with E-state index in [4.69, 9.17) is 22.5 Å². The molecule has 4 nitrogen and oxygen atoms in total. The molecule has 1 rings (SSSR count). The molecule has 0 aromatic heterocycles. The number of nitrogens with two attached hydrogens (primary N) is 1. The molecule has 0 aliphatic rings. The van der Waals surface area contributed by atoms with Crippen LogP contribution in [0.25, 0.3) is 0 Å². The van der Waals surface area contributed by atoms with Crippen LogP contribution in [0.1, 0.15) is 0 Å². The van der Waals surface area contributed by atoms with Gasteiger partial charge in [-0.1, -0.05) is 16.8 Å². The van der Waals surface area contributed by atoms with Crippen molar-refractivity contribution in [2.75, 3.05) is 11.9 Å². The van der Waals surface area contributed by atoms with E-state index >= 15 is 0 Å². The number of amidine groups is 1. The SMILES string of the molecule is NC(CNc1c(Cl)cc(F)cc1Br)=NO. The van der Waals surface area contributed by atoms with Crippen molar-refractivity contribution in [1.29, 1.82) is 0 Å². The zero-order valence-corrected chi connectivity index (χ0v) is 9.81. The van der Waals surface area contributed by atoms with E-state index in [1.807, 2.05) is 0 Å². The third kappa shape index (κ3) is 3.24. The third-order valence-corrected chi connectivity index (χ3v) is 2.51. The molecule has 0 radical (unpaired) electrons. The maximum atomic E-state index is 12.8. The number of rotatable bonds is 3. The van der Waals surface area contributed by atoms with Gasteiger partial charge < -0.3 is 16.3 Å². The van der Waals surface area contributed by atoms with Gasteiger partial charge in [-0.2, -0.15) is 0 Å². The molecule has 0 saturated carbocycles. The molecule has 0 spiro atoms. The van der Waals surface area contributed by atoms with E-state index in [0.29, 0.717) is 10.2 Å². The van der Waals surface area contributed by atoms with Gasteiger partial charge in [0, 0.05) is 4.47 Å². The summed E-state index contributed by atoms with van der Waals surface area (Å²) < 4.78 is 13.3. The number of halogens is 3. The minimum Gasteiger partial charge on any atom is -0.409 e. The van der Waals surface area contributed by atoms with Gasteiger partial charge in [-0.05, 0) is 28.1 Å². The summed E-state index contributed by atoms with van der Waals surface area (Å²) in [6, 6.07) is 2.43. The van der Waals surface area contributed by atoms with E-state index in [1.165, 1.54) is 12.1 Å². The van der Waals surface area contributed by atoms with Crippen molar-refractivity contribution in [3.05, 3.63) is 27.4 Å². The van der Waals surface area contributed by atoms with Crippen molar-refractivity contribution in [3.63, 3.8) is 0 Å². The largest absolute Gasteiger partial charge is 0.409 e. The number of hydrogen-bond acceptors (Lipinski definition) is 3. The zero-order chi connectivity index (χ0) is 11.4. The van der Waals surface area contributed by atoms with Gasteiger partial charge in [-0.3, -0.25) is 0 Å². The average molecular weight is 297 g/mol. The molecule has 0 unspecified atom stereocenters. The van der Waals surface area contributed by atoms with Gasteiger partial charge in [0.15, 0.2) is 5.84 Å². The Bertz CT molecular complexity index is 376. The molecule has 15 heavy (non-hydrogen) atoms. The van der Waals surface area contributed by atoms with Crippen molar-refractivity contribution < 1.29 is 9.60 Å². The van der Waals surface area contributed by atoms with Crippen molar-refractivity contribution >= 4 is 39.1 Å². The quantitative estimate of drug-likeness (QED) is 0.347. The predicted molar refractivity (Wildman–Crippen MR) is 61.0 cm³/mol. The van der Waals surface area contributed by atoms with Gasteiger partial charge in [-0.25, -0.2) is 4.39 Å². The second kappa shape index (κ2) is 5.18. The Morgan fingerprint density at radius 2 is 2.33 bits per heavy atom. The van der Waals surface area contributed by atoms with E-state index < -0.39 is 5.82 Å². The number of anilines is 1. The highest BCUT2D eigenvalue weighted by molar-refractivity contribution is 9.10. The number of oxime groups is 1. The van der Waals surface area contributed by atoms with Crippen molar-refractivity contribution in [2.24, 2.45) is 10.9 Å². The predicted octanol–water partition coefficient (Wildman–Crippen LogP) is 2.40. The second-order valence-electron chi connectivity index (χ2n) is 2.69. The first-order chi connectivity index (χ1) is 7.04. The van der Waals surface area contributed by atoms with Gasteiger partial charge in [0.2, 0.25) is 0 Å². The molecule has 0 aliphatic carbocycles. The van der Waals surface area contributed by atoms with Crippen LogP contribution in [0.2, 0.25) is 5.02 Å². The topological polar surface area (TPSA) is 70.6 Å². The fraction of sp³-hybridized carbons (Fsp3) is 0.125. The second-order valence-corrected chi connectivity index (χ2v) is 3.95. The van der Waals surface area contributed by atoms with Gasteiger partial charge in [0.25, 0.3) is 0 Å². The first-order valence-electron chi connectivity index (χ1n) is 3.89. The van der Waals surface area contributed by atoms with Crippen molar-refractivity contribution in [2.45, 2.75) is 0 Å². The summed E-state index contributed by atoms with van der Waals surface area (Å²) in [5, 5.41) is 14.1. The molecule has 0 aliphatic heterocycles. The number of nitrogens with one attached hydrogen (secondary N) is 1. The number of nitrogens with zero attached hydrogens (tertiary/aromatic N) is 1. The molecule has 4 N–H and O–H groups in total. The van der Waals surface area contributed by atoms with E-state index in [9.17, 15) is 4.39 Å². The highest BCUT2D eigenvalue weighted by atomic mass is 79.9. The maximum Gasteiger partial charge on any atom is 0.158 e. The smallest absolute Gasteiger partial charge is 0.158 e. The molecule has 0 heterocycles. The van der Waals surface area contributed by atoms with E-state index in [2.05, 4.69) is 26.4 Å². The van der Waals surface area contributed by atoms with Crippen LogP contribution in [0, 0.1) is 5.82 Å². The summed E-state index contributed by atoms with van der Waals surface area (Å²) in [7, 11) is 0. The molecular formula is C8H8BrClFN3O. The molecule has 0 fully saturated rings. The van der Waals surface area contributed by atoms with Crippen LogP contribution in [0.4, 0.5) is 10.1 Å². The molecule has 1 aromatic carbocycles. The molecule has 82 valence electrons. The van der Waals surface area contributed by atoms with Gasteiger partial charge in [0.05, 0.1) is 17.3 Å². The summed E-state index contributed by atoms with van der Waals surface area (Å²) in [4.78, 5) is 0. The van der Waals surface area contributed by atoms with Gasteiger partial charge in [-0.15, -0.1) is 0 Å². The highest BCUT2D eigenvalue weighted by Crippen LogP contribution is 2.31. The van der Waals surface area contributed by atoms with E-state index in [0.717, 1.165) is 0 Å². The van der Waals surface area contributed by atoms with Crippen molar-refractivity contribution in [1.82, 2.24) is 0 Å². The highest BCUT2D eigenvalue weighted by Gasteiger charge is 2.07. The molecule has 0 amide bonds. The minimum atomic E-state index is -0.443. The minimum absolute atomic E-state index is 0.00212. The Kier molecular flexibility index (Phi) is 4.16. The Morgan fingerprint density at radius 1 is 1.67 bits per heavy atom. The first kappa shape index (κ1) is 12.1. The average Bonchev–Trinajstić information content (AvgIpc) is 2.15. The summed E-state index contributed by atoms with van der Waals surface area (Å²) >= 11 is 8.93. The number of benzene rings is 1. The lowest BCUT2D eigenvalue weighted by Crippen LogP contribution is -2.22. The molecule has 7 heteroatoms. The summed E-state index contributed by atoms with van der Waals surface area (Å²) in [6.45, 7) is 0.112.